The largest absolute Gasteiger partial charge is 0.384 e. The van der Waals surface area contributed by atoms with Crippen LogP contribution in [0, 0.1) is 11.8 Å². The van der Waals surface area contributed by atoms with Crippen molar-refractivity contribution in [2.24, 2.45) is 11.8 Å². The molecule has 0 saturated carbocycles. The van der Waals surface area contributed by atoms with Crippen LogP contribution in [0.4, 0.5) is 5.69 Å². The van der Waals surface area contributed by atoms with Gasteiger partial charge >= 0.3 is 0 Å². The molecule has 0 saturated heterocycles. The molecule has 3 rings (SSSR count). The summed E-state index contributed by atoms with van der Waals surface area (Å²) in [5.74, 6) is 1.48. The van der Waals surface area contributed by atoms with Crippen LogP contribution in [0.2, 0.25) is 0 Å². The van der Waals surface area contributed by atoms with Gasteiger partial charge in [-0.05, 0) is 43.1 Å². The summed E-state index contributed by atoms with van der Waals surface area (Å²) in [6, 6.07) is 15.1. The molecule has 0 bridgehead atoms. The summed E-state index contributed by atoms with van der Waals surface area (Å²) in [5.41, 5.74) is 2.82. The van der Waals surface area contributed by atoms with Crippen molar-refractivity contribution in [1.82, 2.24) is 0 Å². The van der Waals surface area contributed by atoms with E-state index in [1.807, 2.05) is 0 Å². The SMILES string of the molecule is CC1=CC(C)CC(CNc2cccc3ccccc23)C1. The molecule has 0 aliphatic heterocycles. The van der Waals surface area contributed by atoms with E-state index in [4.69, 9.17) is 0 Å². The molecule has 0 spiro atoms. The summed E-state index contributed by atoms with van der Waals surface area (Å²) in [7, 11) is 0. The second kappa shape index (κ2) is 5.70. The molecule has 2 unspecified atom stereocenters. The van der Waals surface area contributed by atoms with Gasteiger partial charge in [0.1, 0.15) is 0 Å². The zero-order valence-corrected chi connectivity index (χ0v) is 12.4. The molecule has 1 aliphatic carbocycles. The molecule has 20 heavy (non-hydrogen) atoms. The van der Waals surface area contributed by atoms with Gasteiger partial charge < -0.3 is 5.32 Å². The predicted molar refractivity (Wildman–Crippen MR) is 88.1 cm³/mol. The Morgan fingerprint density at radius 2 is 1.90 bits per heavy atom. The first-order valence-corrected chi connectivity index (χ1v) is 7.61. The maximum atomic E-state index is 3.67. The maximum absolute atomic E-state index is 3.67. The van der Waals surface area contributed by atoms with Gasteiger partial charge in [-0.25, -0.2) is 0 Å². The van der Waals surface area contributed by atoms with Crippen molar-refractivity contribution in [1.29, 1.82) is 0 Å². The van der Waals surface area contributed by atoms with Gasteiger partial charge in [0.05, 0.1) is 0 Å². The van der Waals surface area contributed by atoms with Crippen molar-refractivity contribution >= 4 is 16.5 Å². The Kier molecular flexibility index (Phi) is 3.77. The van der Waals surface area contributed by atoms with E-state index in [9.17, 15) is 0 Å². The number of benzene rings is 2. The first-order chi connectivity index (χ1) is 9.72. The van der Waals surface area contributed by atoms with Crippen LogP contribution in [-0.2, 0) is 0 Å². The van der Waals surface area contributed by atoms with E-state index in [1.54, 1.807) is 5.57 Å². The van der Waals surface area contributed by atoms with Gasteiger partial charge in [0.2, 0.25) is 0 Å². The lowest BCUT2D eigenvalue weighted by atomic mass is 9.83. The average molecular weight is 265 g/mol. The van der Waals surface area contributed by atoms with E-state index in [2.05, 4.69) is 67.7 Å². The highest BCUT2D eigenvalue weighted by Gasteiger charge is 2.17. The van der Waals surface area contributed by atoms with E-state index in [0.717, 1.165) is 18.4 Å². The fourth-order valence-electron chi connectivity index (χ4n) is 3.48. The third kappa shape index (κ3) is 2.87. The highest BCUT2D eigenvalue weighted by Crippen LogP contribution is 2.29. The van der Waals surface area contributed by atoms with Gasteiger partial charge in [0.15, 0.2) is 0 Å². The van der Waals surface area contributed by atoms with Crippen LogP contribution in [-0.4, -0.2) is 6.54 Å². The number of anilines is 1. The average Bonchev–Trinajstić information content (AvgIpc) is 2.44. The Bertz CT molecular complexity index is 621. The van der Waals surface area contributed by atoms with Crippen LogP contribution in [0.1, 0.15) is 26.7 Å². The van der Waals surface area contributed by atoms with Crippen LogP contribution in [0.15, 0.2) is 54.1 Å². The number of hydrogen-bond acceptors (Lipinski definition) is 1. The van der Waals surface area contributed by atoms with Crippen molar-refractivity contribution in [2.75, 3.05) is 11.9 Å². The zero-order valence-electron chi connectivity index (χ0n) is 12.4. The van der Waals surface area contributed by atoms with Crippen molar-refractivity contribution in [3.05, 3.63) is 54.1 Å². The maximum Gasteiger partial charge on any atom is 0.0419 e. The first-order valence-electron chi connectivity index (χ1n) is 7.61. The summed E-state index contributed by atoms with van der Waals surface area (Å²) >= 11 is 0. The molecule has 0 heterocycles. The van der Waals surface area contributed by atoms with E-state index in [1.165, 1.54) is 29.3 Å². The lowest BCUT2D eigenvalue weighted by molar-refractivity contribution is 0.421. The number of nitrogens with one attached hydrogen (secondary N) is 1. The highest BCUT2D eigenvalue weighted by molar-refractivity contribution is 5.93. The molecule has 1 aliphatic rings. The van der Waals surface area contributed by atoms with E-state index in [-0.39, 0.29) is 0 Å². The molecular weight excluding hydrogens is 242 g/mol. The van der Waals surface area contributed by atoms with Crippen LogP contribution in [0.5, 0.6) is 0 Å². The molecule has 104 valence electrons. The monoisotopic (exact) mass is 265 g/mol. The molecular formula is C19H23N. The summed E-state index contributed by atoms with van der Waals surface area (Å²) in [5, 5.41) is 6.31. The third-order valence-corrected chi connectivity index (χ3v) is 4.26. The second-order valence-electron chi connectivity index (χ2n) is 6.20. The van der Waals surface area contributed by atoms with Crippen LogP contribution >= 0.6 is 0 Å². The quantitative estimate of drug-likeness (QED) is 0.748. The number of allylic oxidation sites excluding steroid dienone is 2. The molecule has 0 amide bonds. The lowest BCUT2D eigenvalue weighted by Gasteiger charge is -2.26. The Morgan fingerprint density at radius 1 is 1.10 bits per heavy atom. The van der Waals surface area contributed by atoms with Crippen molar-refractivity contribution in [3.8, 4) is 0 Å². The molecule has 0 fully saturated rings. The molecule has 2 aromatic carbocycles. The first kappa shape index (κ1) is 13.2. The lowest BCUT2D eigenvalue weighted by Crippen LogP contribution is -2.20. The Morgan fingerprint density at radius 3 is 2.75 bits per heavy atom. The second-order valence-corrected chi connectivity index (χ2v) is 6.20. The molecule has 1 nitrogen and oxygen atoms in total. The predicted octanol–water partition coefficient (Wildman–Crippen LogP) is 5.24. The Hall–Kier alpha value is -1.76. The minimum atomic E-state index is 0.725. The van der Waals surface area contributed by atoms with Gasteiger partial charge in [0, 0.05) is 17.6 Å². The summed E-state index contributed by atoms with van der Waals surface area (Å²) in [4.78, 5) is 0. The minimum absolute atomic E-state index is 0.725. The number of hydrogen-bond donors (Lipinski definition) is 1. The van der Waals surface area contributed by atoms with Crippen molar-refractivity contribution in [2.45, 2.75) is 26.7 Å². The topological polar surface area (TPSA) is 12.0 Å². The number of fused-ring (bicyclic) bond motifs is 1. The molecule has 0 aromatic heterocycles. The third-order valence-electron chi connectivity index (χ3n) is 4.26. The standard InChI is InChI=1S/C19H23N/c1-14-10-15(2)12-16(11-14)13-20-19-9-5-7-17-6-3-4-8-18(17)19/h3-10,14,16,20H,11-13H2,1-2H3. The zero-order chi connectivity index (χ0) is 13.9. The Balaban J connectivity index is 1.73. The molecule has 1 N–H and O–H groups in total. The fraction of sp³-hybridized carbons (Fsp3) is 0.368. The van der Waals surface area contributed by atoms with Gasteiger partial charge in [-0.2, -0.15) is 0 Å². The van der Waals surface area contributed by atoms with Crippen LogP contribution < -0.4 is 5.32 Å². The number of rotatable bonds is 3. The van der Waals surface area contributed by atoms with Crippen molar-refractivity contribution in [3.63, 3.8) is 0 Å². The van der Waals surface area contributed by atoms with Gasteiger partial charge in [-0.1, -0.05) is 55.0 Å². The molecule has 2 atom stereocenters. The van der Waals surface area contributed by atoms with E-state index < -0.39 is 0 Å². The minimum Gasteiger partial charge on any atom is -0.384 e. The van der Waals surface area contributed by atoms with Gasteiger partial charge in [0.25, 0.3) is 0 Å². The van der Waals surface area contributed by atoms with Crippen molar-refractivity contribution < 1.29 is 0 Å². The smallest absolute Gasteiger partial charge is 0.0419 e. The summed E-state index contributed by atoms with van der Waals surface area (Å²) in [6.45, 7) is 5.66. The van der Waals surface area contributed by atoms with Gasteiger partial charge in [-0.15, -0.1) is 0 Å². The summed E-state index contributed by atoms with van der Waals surface area (Å²) < 4.78 is 0. The van der Waals surface area contributed by atoms with Gasteiger partial charge in [-0.3, -0.25) is 0 Å². The van der Waals surface area contributed by atoms with E-state index >= 15 is 0 Å². The normalized spacial score (nSPS) is 22.6. The summed E-state index contributed by atoms with van der Waals surface area (Å²) in [6.07, 6.45) is 4.96. The molecule has 2 aromatic rings. The highest BCUT2D eigenvalue weighted by atomic mass is 14.9. The Labute approximate surface area is 121 Å². The molecule has 0 radical (unpaired) electrons. The fourth-order valence-corrected chi connectivity index (χ4v) is 3.48. The van der Waals surface area contributed by atoms with Crippen LogP contribution in [0.3, 0.4) is 0 Å². The van der Waals surface area contributed by atoms with Crippen LogP contribution in [0.25, 0.3) is 10.8 Å². The van der Waals surface area contributed by atoms with E-state index in [0.29, 0.717) is 0 Å². The molecule has 1 heteroatoms.